The molecule has 0 aromatic carbocycles. The Morgan fingerprint density at radius 1 is 1.31 bits per heavy atom. The number of carbonyl (C=O) groups excluding carboxylic acids is 1. The Morgan fingerprint density at radius 3 is 2.88 bits per heavy atom. The van der Waals surface area contributed by atoms with Crippen molar-refractivity contribution in [3.63, 3.8) is 0 Å². The van der Waals surface area contributed by atoms with Gasteiger partial charge >= 0.3 is 0 Å². The molecule has 1 aliphatic rings. The standard InChI is InChI=1S/C18H21ClN4O2S/c19-15-10-14(11-17(21-15)23-5-1-2-6-23)18(25)22-16-9-13(3-4-20-16)12-26-8-7-24/h3-4,9-11,24H,1-2,5-8,12H2,(H,20,22,25). The minimum atomic E-state index is -0.262. The van der Waals surface area contributed by atoms with Crippen molar-refractivity contribution in [3.8, 4) is 0 Å². The van der Waals surface area contributed by atoms with Crippen LogP contribution in [0, 0.1) is 0 Å². The third-order valence-corrected chi connectivity index (χ3v) is 5.25. The number of aliphatic hydroxyl groups is 1. The Hall–Kier alpha value is -1.83. The second kappa shape index (κ2) is 9.21. The molecule has 0 bridgehead atoms. The molecule has 1 aliphatic heterocycles. The van der Waals surface area contributed by atoms with Crippen molar-refractivity contribution < 1.29 is 9.90 Å². The molecule has 2 N–H and O–H groups in total. The third kappa shape index (κ3) is 5.09. The Kier molecular flexibility index (Phi) is 6.71. The molecule has 1 fully saturated rings. The van der Waals surface area contributed by atoms with E-state index in [9.17, 15) is 4.79 Å². The maximum absolute atomic E-state index is 12.6. The first kappa shape index (κ1) is 18.9. The van der Waals surface area contributed by atoms with Gasteiger partial charge in [-0.3, -0.25) is 4.79 Å². The molecule has 0 radical (unpaired) electrons. The van der Waals surface area contributed by atoms with Crippen LogP contribution in [-0.2, 0) is 5.75 Å². The molecular weight excluding hydrogens is 372 g/mol. The second-order valence-electron chi connectivity index (χ2n) is 6.01. The lowest BCUT2D eigenvalue weighted by Crippen LogP contribution is -2.20. The van der Waals surface area contributed by atoms with Crippen molar-refractivity contribution in [3.05, 3.63) is 46.7 Å². The molecule has 1 amide bonds. The van der Waals surface area contributed by atoms with Gasteiger partial charge < -0.3 is 15.3 Å². The third-order valence-electron chi connectivity index (χ3n) is 4.04. The van der Waals surface area contributed by atoms with Crippen molar-refractivity contribution in [2.24, 2.45) is 0 Å². The van der Waals surface area contributed by atoms with Crippen LogP contribution < -0.4 is 10.2 Å². The van der Waals surface area contributed by atoms with E-state index in [1.54, 1.807) is 30.1 Å². The zero-order chi connectivity index (χ0) is 18.4. The van der Waals surface area contributed by atoms with Gasteiger partial charge in [-0.2, -0.15) is 11.8 Å². The van der Waals surface area contributed by atoms with Gasteiger partial charge in [0.15, 0.2) is 0 Å². The van der Waals surface area contributed by atoms with Crippen LogP contribution in [0.1, 0.15) is 28.8 Å². The molecule has 26 heavy (non-hydrogen) atoms. The second-order valence-corrected chi connectivity index (χ2v) is 7.50. The average molecular weight is 393 g/mol. The van der Waals surface area contributed by atoms with Gasteiger partial charge in [0.05, 0.1) is 6.61 Å². The Bertz CT molecular complexity index is 769. The summed E-state index contributed by atoms with van der Waals surface area (Å²) in [7, 11) is 0. The highest BCUT2D eigenvalue weighted by atomic mass is 35.5. The molecule has 2 aromatic rings. The SMILES string of the molecule is O=C(Nc1cc(CSCCO)ccn1)c1cc(Cl)nc(N2CCCC2)c1. The predicted octanol–water partition coefficient (Wildman–Crippen LogP) is 3.21. The van der Waals surface area contributed by atoms with Gasteiger partial charge in [-0.25, -0.2) is 9.97 Å². The van der Waals surface area contributed by atoms with Gasteiger partial charge in [0, 0.05) is 36.4 Å². The number of nitrogens with zero attached hydrogens (tertiary/aromatic N) is 3. The predicted molar refractivity (Wildman–Crippen MR) is 106 cm³/mol. The fourth-order valence-corrected chi connectivity index (χ4v) is 3.69. The van der Waals surface area contributed by atoms with Crippen molar-refractivity contribution in [1.82, 2.24) is 9.97 Å². The summed E-state index contributed by atoms with van der Waals surface area (Å²) in [6.07, 6.45) is 3.92. The van der Waals surface area contributed by atoms with Crippen LogP contribution in [0.5, 0.6) is 0 Å². The van der Waals surface area contributed by atoms with E-state index < -0.39 is 0 Å². The largest absolute Gasteiger partial charge is 0.396 e. The molecular formula is C18H21ClN4O2S. The molecule has 1 saturated heterocycles. The number of carbonyl (C=O) groups is 1. The fourth-order valence-electron chi connectivity index (χ4n) is 2.80. The number of halogens is 1. The summed E-state index contributed by atoms with van der Waals surface area (Å²) in [5, 5.41) is 12.0. The first-order chi connectivity index (χ1) is 12.7. The van der Waals surface area contributed by atoms with E-state index in [2.05, 4.69) is 20.2 Å². The number of aromatic nitrogens is 2. The zero-order valence-corrected chi connectivity index (χ0v) is 15.9. The number of amides is 1. The van der Waals surface area contributed by atoms with E-state index in [0.717, 1.165) is 43.1 Å². The number of aliphatic hydroxyl groups excluding tert-OH is 1. The maximum Gasteiger partial charge on any atom is 0.257 e. The molecule has 138 valence electrons. The number of anilines is 2. The molecule has 6 nitrogen and oxygen atoms in total. The smallest absolute Gasteiger partial charge is 0.257 e. The topological polar surface area (TPSA) is 78.3 Å². The van der Waals surface area contributed by atoms with E-state index >= 15 is 0 Å². The van der Waals surface area contributed by atoms with Gasteiger partial charge in [0.2, 0.25) is 0 Å². The fraction of sp³-hybridized carbons (Fsp3) is 0.389. The lowest BCUT2D eigenvalue weighted by atomic mass is 10.2. The van der Waals surface area contributed by atoms with Crippen LogP contribution in [0.2, 0.25) is 5.15 Å². The molecule has 0 spiro atoms. The van der Waals surface area contributed by atoms with Gasteiger partial charge in [-0.1, -0.05) is 11.6 Å². The number of hydrogen-bond acceptors (Lipinski definition) is 6. The van der Waals surface area contributed by atoms with E-state index in [-0.39, 0.29) is 12.5 Å². The van der Waals surface area contributed by atoms with Crippen LogP contribution >= 0.6 is 23.4 Å². The van der Waals surface area contributed by atoms with Crippen molar-refractivity contribution >= 4 is 40.9 Å². The van der Waals surface area contributed by atoms with E-state index in [0.29, 0.717) is 22.3 Å². The summed E-state index contributed by atoms with van der Waals surface area (Å²) in [5.74, 6) is 2.41. The van der Waals surface area contributed by atoms with Gasteiger partial charge in [0.25, 0.3) is 5.91 Å². The van der Waals surface area contributed by atoms with Crippen LogP contribution in [0.15, 0.2) is 30.5 Å². The van der Waals surface area contributed by atoms with Gasteiger partial charge in [-0.15, -0.1) is 0 Å². The number of nitrogens with one attached hydrogen (secondary N) is 1. The highest BCUT2D eigenvalue weighted by Crippen LogP contribution is 2.23. The van der Waals surface area contributed by atoms with Gasteiger partial charge in [0.1, 0.15) is 16.8 Å². The highest BCUT2D eigenvalue weighted by Gasteiger charge is 2.17. The molecule has 8 heteroatoms. The van der Waals surface area contributed by atoms with Crippen LogP contribution in [0.25, 0.3) is 0 Å². The Morgan fingerprint density at radius 2 is 2.12 bits per heavy atom. The van der Waals surface area contributed by atoms with Crippen LogP contribution in [0.4, 0.5) is 11.6 Å². The first-order valence-corrected chi connectivity index (χ1v) is 10.1. The average Bonchev–Trinajstić information content (AvgIpc) is 3.16. The van der Waals surface area contributed by atoms with Gasteiger partial charge in [-0.05, 0) is 42.7 Å². The molecule has 0 unspecified atom stereocenters. The molecule has 2 aromatic heterocycles. The quantitative estimate of drug-likeness (QED) is 0.556. The molecule has 0 saturated carbocycles. The number of rotatable bonds is 7. The number of hydrogen-bond donors (Lipinski definition) is 2. The maximum atomic E-state index is 12.6. The minimum Gasteiger partial charge on any atom is -0.396 e. The highest BCUT2D eigenvalue weighted by molar-refractivity contribution is 7.98. The summed E-state index contributed by atoms with van der Waals surface area (Å²) in [5.41, 5.74) is 1.51. The molecule has 0 aliphatic carbocycles. The van der Waals surface area contributed by atoms with E-state index in [1.807, 2.05) is 12.1 Å². The number of pyridine rings is 2. The zero-order valence-electron chi connectivity index (χ0n) is 14.3. The summed E-state index contributed by atoms with van der Waals surface area (Å²) in [6.45, 7) is 2.02. The summed E-state index contributed by atoms with van der Waals surface area (Å²) >= 11 is 7.74. The van der Waals surface area contributed by atoms with Crippen molar-refractivity contribution in [2.45, 2.75) is 18.6 Å². The van der Waals surface area contributed by atoms with E-state index in [4.69, 9.17) is 16.7 Å². The Labute approximate surface area is 162 Å². The minimum absolute atomic E-state index is 0.154. The van der Waals surface area contributed by atoms with E-state index in [1.165, 1.54) is 0 Å². The number of thioether (sulfide) groups is 1. The summed E-state index contributed by atoms with van der Waals surface area (Å²) < 4.78 is 0. The van der Waals surface area contributed by atoms with Crippen molar-refractivity contribution in [2.75, 3.05) is 35.7 Å². The Balaban J connectivity index is 1.70. The summed E-state index contributed by atoms with van der Waals surface area (Å²) in [6, 6.07) is 7.08. The van der Waals surface area contributed by atoms with Crippen LogP contribution in [0.3, 0.4) is 0 Å². The summed E-state index contributed by atoms with van der Waals surface area (Å²) in [4.78, 5) is 23.3. The van der Waals surface area contributed by atoms with Crippen molar-refractivity contribution in [1.29, 1.82) is 0 Å². The molecule has 3 heterocycles. The normalized spacial score (nSPS) is 13.8. The lowest BCUT2D eigenvalue weighted by Gasteiger charge is -2.17. The molecule has 0 atom stereocenters. The molecule has 3 rings (SSSR count). The monoisotopic (exact) mass is 392 g/mol. The van der Waals surface area contributed by atoms with Crippen LogP contribution in [-0.4, -0.2) is 46.4 Å². The first-order valence-electron chi connectivity index (χ1n) is 8.53. The lowest BCUT2D eigenvalue weighted by molar-refractivity contribution is 0.102.